The number of carbonyl (C=O) groups is 1. The van der Waals surface area contributed by atoms with Crippen molar-refractivity contribution in [2.24, 2.45) is 0 Å². The molecule has 1 atom stereocenters. The van der Waals surface area contributed by atoms with Gasteiger partial charge >= 0.3 is 0 Å². The summed E-state index contributed by atoms with van der Waals surface area (Å²) >= 11 is 0. The van der Waals surface area contributed by atoms with E-state index in [4.69, 9.17) is 0 Å². The van der Waals surface area contributed by atoms with Crippen molar-refractivity contribution < 1.29 is 9.90 Å². The summed E-state index contributed by atoms with van der Waals surface area (Å²) in [6.45, 7) is 10.8. The zero-order chi connectivity index (χ0) is 20.8. The van der Waals surface area contributed by atoms with Gasteiger partial charge in [-0.25, -0.2) is 0 Å². The number of rotatable bonds is 8. The average Bonchev–Trinajstić information content (AvgIpc) is 3.22. The summed E-state index contributed by atoms with van der Waals surface area (Å²) < 4.78 is 0. The van der Waals surface area contributed by atoms with Gasteiger partial charge in [0.25, 0.3) is 5.91 Å². The highest BCUT2D eigenvalue weighted by Crippen LogP contribution is 2.31. The first kappa shape index (κ1) is 21.2. The van der Waals surface area contributed by atoms with E-state index in [1.54, 1.807) is 12.1 Å². The molecule has 1 fully saturated rings. The van der Waals surface area contributed by atoms with Crippen molar-refractivity contribution in [2.75, 3.05) is 37.6 Å². The summed E-state index contributed by atoms with van der Waals surface area (Å²) in [5.41, 5.74) is 2.61. The Morgan fingerprint density at radius 3 is 2.28 bits per heavy atom. The second kappa shape index (κ2) is 9.79. The SMILES string of the molecule is CCN(CC)C(=O)c1cccc(N(c2cccc(O)c2)C(C)CN2CCCC2)c1. The van der Waals surface area contributed by atoms with E-state index in [2.05, 4.69) is 16.7 Å². The summed E-state index contributed by atoms with van der Waals surface area (Å²) in [5.74, 6) is 0.302. The molecule has 156 valence electrons. The zero-order valence-corrected chi connectivity index (χ0v) is 17.8. The fourth-order valence-electron chi connectivity index (χ4n) is 4.20. The van der Waals surface area contributed by atoms with E-state index in [0.717, 1.165) is 31.0 Å². The number of hydrogen-bond donors (Lipinski definition) is 1. The Balaban J connectivity index is 1.95. The molecule has 1 unspecified atom stereocenters. The van der Waals surface area contributed by atoms with Gasteiger partial charge in [-0.2, -0.15) is 0 Å². The second-order valence-electron chi connectivity index (χ2n) is 7.77. The molecule has 29 heavy (non-hydrogen) atoms. The molecule has 2 aromatic rings. The maximum absolute atomic E-state index is 12.9. The van der Waals surface area contributed by atoms with Crippen LogP contribution < -0.4 is 4.90 Å². The van der Waals surface area contributed by atoms with Gasteiger partial charge in [0.15, 0.2) is 0 Å². The molecule has 0 spiro atoms. The lowest BCUT2D eigenvalue weighted by molar-refractivity contribution is 0.0773. The molecule has 5 heteroatoms. The molecule has 1 aliphatic heterocycles. The van der Waals surface area contributed by atoms with E-state index >= 15 is 0 Å². The van der Waals surface area contributed by atoms with E-state index in [-0.39, 0.29) is 17.7 Å². The largest absolute Gasteiger partial charge is 0.508 e. The molecular formula is C24H33N3O2. The van der Waals surface area contributed by atoms with Crippen LogP contribution in [0.3, 0.4) is 0 Å². The maximum atomic E-state index is 12.9. The topological polar surface area (TPSA) is 47.0 Å². The van der Waals surface area contributed by atoms with E-state index < -0.39 is 0 Å². The zero-order valence-electron chi connectivity index (χ0n) is 17.8. The van der Waals surface area contributed by atoms with Gasteiger partial charge in [-0.1, -0.05) is 12.1 Å². The molecule has 5 nitrogen and oxygen atoms in total. The Bertz CT molecular complexity index is 813. The van der Waals surface area contributed by atoms with Crippen LogP contribution in [0.2, 0.25) is 0 Å². The van der Waals surface area contributed by atoms with Gasteiger partial charge in [0.2, 0.25) is 0 Å². The number of aromatic hydroxyl groups is 1. The minimum Gasteiger partial charge on any atom is -0.508 e. The molecule has 1 aliphatic rings. The third-order valence-electron chi connectivity index (χ3n) is 5.69. The van der Waals surface area contributed by atoms with Gasteiger partial charge in [0.05, 0.1) is 0 Å². The van der Waals surface area contributed by atoms with Crippen LogP contribution >= 0.6 is 0 Å². The quantitative estimate of drug-likeness (QED) is 0.715. The van der Waals surface area contributed by atoms with Crippen molar-refractivity contribution >= 4 is 17.3 Å². The van der Waals surface area contributed by atoms with E-state index in [9.17, 15) is 9.90 Å². The summed E-state index contributed by atoms with van der Waals surface area (Å²) in [4.78, 5) is 19.4. The predicted molar refractivity (Wildman–Crippen MR) is 119 cm³/mol. The number of likely N-dealkylation sites (tertiary alicyclic amines) is 1. The number of carbonyl (C=O) groups excluding carboxylic acids is 1. The van der Waals surface area contributed by atoms with Crippen LogP contribution in [0.5, 0.6) is 5.75 Å². The van der Waals surface area contributed by atoms with Crippen molar-refractivity contribution in [3.63, 3.8) is 0 Å². The Hall–Kier alpha value is -2.53. The van der Waals surface area contributed by atoms with Gasteiger partial charge < -0.3 is 19.8 Å². The molecule has 0 radical (unpaired) electrons. The lowest BCUT2D eigenvalue weighted by atomic mass is 10.1. The van der Waals surface area contributed by atoms with Crippen LogP contribution in [-0.2, 0) is 0 Å². The van der Waals surface area contributed by atoms with Crippen LogP contribution in [0.25, 0.3) is 0 Å². The highest BCUT2D eigenvalue weighted by molar-refractivity contribution is 5.95. The molecule has 0 bridgehead atoms. The lowest BCUT2D eigenvalue weighted by Crippen LogP contribution is -2.39. The molecule has 1 saturated heterocycles. The van der Waals surface area contributed by atoms with Gasteiger partial charge in [-0.05, 0) is 77.0 Å². The molecule has 1 N–H and O–H groups in total. The van der Waals surface area contributed by atoms with E-state index in [0.29, 0.717) is 18.7 Å². The number of anilines is 2. The van der Waals surface area contributed by atoms with Crippen LogP contribution in [-0.4, -0.2) is 59.6 Å². The second-order valence-corrected chi connectivity index (χ2v) is 7.77. The first-order valence-corrected chi connectivity index (χ1v) is 10.7. The van der Waals surface area contributed by atoms with Crippen LogP contribution in [0.1, 0.15) is 44.0 Å². The maximum Gasteiger partial charge on any atom is 0.253 e. The van der Waals surface area contributed by atoms with Gasteiger partial charge in [-0.15, -0.1) is 0 Å². The molecule has 0 aliphatic carbocycles. The fourth-order valence-corrected chi connectivity index (χ4v) is 4.20. The fraction of sp³-hybridized carbons (Fsp3) is 0.458. The van der Waals surface area contributed by atoms with Crippen molar-refractivity contribution in [1.29, 1.82) is 0 Å². The van der Waals surface area contributed by atoms with Crippen LogP contribution in [0.15, 0.2) is 48.5 Å². The van der Waals surface area contributed by atoms with Crippen molar-refractivity contribution in [1.82, 2.24) is 9.80 Å². The third kappa shape index (κ3) is 5.10. The Morgan fingerprint density at radius 1 is 1.03 bits per heavy atom. The number of nitrogens with zero attached hydrogens (tertiary/aromatic N) is 3. The molecule has 0 saturated carbocycles. The van der Waals surface area contributed by atoms with Crippen molar-refractivity contribution in [3.05, 3.63) is 54.1 Å². The number of benzene rings is 2. The number of phenolic OH excluding ortho intramolecular Hbond substituents is 1. The van der Waals surface area contributed by atoms with Gasteiger partial charge in [-0.3, -0.25) is 4.79 Å². The van der Waals surface area contributed by atoms with Crippen LogP contribution in [0.4, 0.5) is 11.4 Å². The van der Waals surface area contributed by atoms with Crippen LogP contribution in [0, 0.1) is 0 Å². The molecule has 3 rings (SSSR count). The van der Waals surface area contributed by atoms with E-state index in [1.165, 1.54) is 12.8 Å². The highest BCUT2D eigenvalue weighted by Gasteiger charge is 2.23. The molecular weight excluding hydrogens is 362 g/mol. The highest BCUT2D eigenvalue weighted by atomic mass is 16.3. The average molecular weight is 396 g/mol. The van der Waals surface area contributed by atoms with Crippen molar-refractivity contribution in [3.8, 4) is 5.75 Å². The number of amides is 1. The minimum absolute atomic E-state index is 0.0555. The Morgan fingerprint density at radius 2 is 1.66 bits per heavy atom. The molecule has 1 heterocycles. The summed E-state index contributed by atoms with van der Waals surface area (Å²) in [6, 6.07) is 15.4. The number of phenols is 1. The standard InChI is InChI=1S/C24H33N3O2/c1-4-26(5-2)24(29)20-10-8-11-21(16-20)27(22-12-9-13-23(28)17-22)19(3)18-25-14-6-7-15-25/h8-13,16-17,19,28H,4-7,14-15,18H2,1-3H3. The molecule has 2 aromatic carbocycles. The summed E-state index contributed by atoms with van der Waals surface area (Å²) in [7, 11) is 0. The third-order valence-corrected chi connectivity index (χ3v) is 5.69. The minimum atomic E-state index is 0.0555. The van der Waals surface area contributed by atoms with Gasteiger partial charge in [0.1, 0.15) is 5.75 Å². The first-order valence-electron chi connectivity index (χ1n) is 10.7. The number of hydrogen-bond acceptors (Lipinski definition) is 4. The normalized spacial score (nSPS) is 15.3. The monoisotopic (exact) mass is 395 g/mol. The smallest absolute Gasteiger partial charge is 0.253 e. The molecule has 1 amide bonds. The Kier molecular flexibility index (Phi) is 7.15. The Labute approximate surface area is 174 Å². The summed E-state index contributed by atoms with van der Waals surface area (Å²) in [6.07, 6.45) is 2.51. The lowest BCUT2D eigenvalue weighted by Gasteiger charge is -2.34. The summed E-state index contributed by atoms with van der Waals surface area (Å²) in [5, 5.41) is 10.1. The first-order chi connectivity index (χ1) is 14.0. The van der Waals surface area contributed by atoms with E-state index in [1.807, 2.05) is 55.1 Å². The van der Waals surface area contributed by atoms with Crippen molar-refractivity contribution in [2.45, 2.75) is 39.7 Å². The van der Waals surface area contributed by atoms with Gasteiger partial charge in [0, 0.05) is 48.7 Å². The molecule has 0 aromatic heterocycles. The predicted octanol–water partition coefficient (Wildman–Crippen LogP) is 4.50.